The van der Waals surface area contributed by atoms with Crippen molar-refractivity contribution in [3.05, 3.63) is 89.1 Å². The van der Waals surface area contributed by atoms with Crippen LogP contribution in [-0.2, 0) is 38.7 Å². The lowest BCUT2D eigenvalue weighted by atomic mass is 9.96. The number of hydrogen-bond acceptors (Lipinski definition) is 10. The molecule has 0 aliphatic heterocycles. The van der Waals surface area contributed by atoms with E-state index in [9.17, 15) is 15.0 Å². The number of methoxy groups -OCH3 is 1. The van der Waals surface area contributed by atoms with Crippen LogP contribution in [0.5, 0.6) is 17.2 Å². The van der Waals surface area contributed by atoms with Crippen LogP contribution in [0.1, 0.15) is 43.1 Å². The summed E-state index contributed by atoms with van der Waals surface area (Å²) in [7, 11) is 0.117. The minimum Gasteiger partial charge on any atom is -0.467 e. The SMILES string of the molecule is CCOC(=O)CCc1cccc(C(C)c2nc(-c3cc(Oc4c(F)cc5c(ccn5COCC[Si](C)(C)C)c4F)ccc3OCOC)n(CC(O)CO)n2)c1F. The molecule has 0 saturated carbocycles. The smallest absolute Gasteiger partial charge is 0.306 e. The normalized spacial score (nSPS) is 12.9. The average Bonchev–Trinajstić information content (AvgIpc) is 3.77. The molecule has 5 rings (SSSR count). The first kappa shape index (κ1) is 42.4. The number of esters is 1. The van der Waals surface area contributed by atoms with Crippen LogP contribution in [0.15, 0.2) is 54.7 Å². The van der Waals surface area contributed by atoms with E-state index >= 15 is 13.2 Å². The number of carbonyl (C=O) groups excluding carboxylic acids is 1. The molecule has 0 aliphatic rings. The summed E-state index contributed by atoms with van der Waals surface area (Å²) in [5, 5.41) is 24.9. The van der Waals surface area contributed by atoms with Gasteiger partial charge in [0.05, 0.1) is 36.9 Å². The molecular weight excluding hydrogens is 750 g/mol. The van der Waals surface area contributed by atoms with E-state index in [1.165, 1.54) is 42.1 Å². The Morgan fingerprint density at radius 3 is 2.55 bits per heavy atom. The summed E-state index contributed by atoms with van der Waals surface area (Å²) in [6.45, 7) is 10.0. The fourth-order valence-corrected chi connectivity index (χ4v) is 6.72. The Morgan fingerprint density at radius 1 is 1.05 bits per heavy atom. The highest BCUT2D eigenvalue weighted by atomic mass is 28.3. The number of fused-ring (bicyclic) bond motifs is 1. The second-order valence-corrected chi connectivity index (χ2v) is 20.2. The zero-order chi connectivity index (χ0) is 40.6. The van der Waals surface area contributed by atoms with Gasteiger partial charge in [-0.25, -0.2) is 22.8 Å². The molecule has 56 heavy (non-hydrogen) atoms. The molecule has 5 aromatic rings. The summed E-state index contributed by atoms with van der Waals surface area (Å²) in [4.78, 5) is 16.7. The molecule has 2 heterocycles. The number of rotatable bonds is 20. The lowest BCUT2D eigenvalue weighted by molar-refractivity contribution is -0.143. The van der Waals surface area contributed by atoms with Gasteiger partial charge < -0.3 is 38.5 Å². The highest BCUT2D eigenvalue weighted by Crippen LogP contribution is 2.39. The Bertz CT molecular complexity index is 2120. The number of carbonyl (C=O) groups is 1. The first-order chi connectivity index (χ1) is 26.7. The Hall–Kier alpha value is -4.74. The van der Waals surface area contributed by atoms with Gasteiger partial charge in [-0.3, -0.25) is 4.79 Å². The molecule has 0 spiro atoms. The van der Waals surface area contributed by atoms with Gasteiger partial charge in [-0.05, 0) is 54.8 Å². The van der Waals surface area contributed by atoms with Crippen molar-refractivity contribution in [2.45, 2.75) is 77.7 Å². The van der Waals surface area contributed by atoms with Crippen LogP contribution >= 0.6 is 0 Å². The van der Waals surface area contributed by atoms with Gasteiger partial charge in [-0.2, -0.15) is 5.10 Å². The van der Waals surface area contributed by atoms with E-state index in [1.807, 2.05) is 0 Å². The maximum atomic E-state index is 15.9. The van der Waals surface area contributed by atoms with Gasteiger partial charge in [0.2, 0.25) is 0 Å². The molecule has 0 bridgehead atoms. The third-order valence-corrected chi connectivity index (χ3v) is 10.7. The zero-order valence-electron chi connectivity index (χ0n) is 32.5. The maximum absolute atomic E-state index is 15.9. The van der Waals surface area contributed by atoms with E-state index in [1.54, 1.807) is 42.8 Å². The predicted octanol–water partition coefficient (Wildman–Crippen LogP) is 7.41. The van der Waals surface area contributed by atoms with Crippen molar-refractivity contribution in [3.8, 4) is 28.6 Å². The number of ether oxygens (including phenoxy) is 5. The number of aliphatic hydroxyl groups is 2. The highest BCUT2D eigenvalue weighted by molar-refractivity contribution is 6.76. The van der Waals surface area contributed by atoms with Crippen LogP contribution in [0.2, 0.25) is 25.7 Å². The molecule has 0 fully saturated rings. The van der Waals surface area contributed by atoms with Crippen molar-refractivity contribution in [1.82, 2.24) is 19.3 Å². The van der Waals surface area contributed by atoms with Crippen LogP contribution in [0.4, 0.5) is 13.2 Å². The van der Waals surface area contributed by atoms with E-state index in [-0.39, 0.29) is 79.2 Å². The molecule has 0 aliphatic carbocycles. The van der Waals surface area contributed by atoms with Crippen molar-refractivity contribution in [3.63, 3.8) is 0 Å². The van der Waals surface area contributed by atoms with E-state index in [4.69, 9.17) is 28.7 Å². The Morgan fingerprint density at radius 2 is 1.84 bits per heavy atom. The monoisotopic (exact) mass is 798 g/mol. The van der Waals surface area contributed by atoms with E-state index < -0.39 is 55.9 Å². The zero-order valence-corrected chi connectivity index (χ0v) is 33.5. The van der Waals surface area contributed by atoms with Crippen LogP contribution in [0, 0.1) is 17.5 Å². The molecule has 0 amide bonds. The first-order valence-corrected chi connectivity index (χ1v) is 22.1. The van der Waals surface area contributed by atoms with Gasteiger partial charge in [0.1, 0.15) is 24.0 Å². The van der Waals surface area contributed by atoms with Crippen molar-refractivity contribution >= 4 is 24.9 Å². The van der Waals surface area contributed by atoms with Crippen molar-refractivity contribution < 1.29 is 51.9 Å². The molecule has 2 unspecified atom stereocenters. The number of aromatic nitrogens is 4. The third-order valence-electron chi connectivity index (χ3n) is 9.04. The number of halogens is 3. The van der Waals surface area contributed by atoms with Crippen LogP contribution in [-0.4, -0.2) is 83.4 Å². The second kappa shape index (κ2) is 18.9. The Kier molecular flexibility index (Phi) is 14.3. The standard InChI is InChI=1S/C40H49F3N4O8Si/c1-7-53-35(50)14-11-26-9-8-10-29(36(26)42)25(2)39-44-40(47(45-39)21-27(49)22-48)31-19-28(12-13-34(31)54-24-51-3)55-38-32(41)20-33-30(37(38)43)15-16-46(33)23-52-17-18-56(4,5)6/h8-10,12-13,15-16,19-20,25,27,48-49H,7,11,14,17-18,21-24H2,1-6H3. The lowest BCUT2D eigenvalue weighted by Crippen LogP contribution is -2.21. The van der Waals surface area contributed by atoms with Crippen molar-refractivity contribution in [2.24, 2.45) is 0 Å². The van der Waals surface area contributed by atoms with Gasteiger partial charge in [0.15, 0.2) is 35.8 Å². The van der Waals surface area contributed by atoms with E-state index in [2.05, 4.69) is 24.7 Å². The summed E-state index contributed by atoms with van der Waals surface area (Å²) < 4.78 is 78.0. The minimum absolute atomic E-state index is 0.00357. The van der Waals surface area contributed by atoms with Crippen molar-refractivity contribution in [2.75, 3.05) is 33.7 Å². The molecule has 0 radical (unpaired) electrons. The second-order valence-electron chi connectivity index (χ2n) is 14.5. The van der Waals surface area contributed by atoms with Gasteiger partial charge >= 0.3 is 5.97 Å². The molecule has 0 saturated heterocycles. The number of aliphatic hydroxyl groups excluding tert-OH is 2. The van der Waals surface area contributed by atoms with Gasteiger partial charge in [-0.15, -0.1) is 0 Å². The topological polar surface area (TPSA) is 139 Å². The number of nitrogens with zero attached hydrogens (tertiary/aromatic N) is 4. The highest BCUT2D eigenvalue weighted by Gasteiger charge is 2.26. The van der Waals surface area contributed by atoms with Crippen LogP contribution in [0.25, 0.3) is 22.3 Å². The number of benzene rings is 3. The van der Waals surface area contributed by atoms with E-state index in [0.29, 0.717) is 17.7 Å². The molecular formula is C40H49F3N4O8Si. The molecule has 16 heteroatoms. The predicted molar refractivity (Wildman–Crippen MR) is 206 cm³/mol. The van der Waals surface area contributed by atoms with Crippen LogP contribution < -0.4 is 9.47 Å². The van der Waals surface area contributed by atoms with Gasteiger partial charge in [-0.1, -0.05) is 44.8 Å². The molecule has 12 nitrogen and oxygen atoms in total. The molecule has 3 aromatic carbocycles. The fourth-order valence-electron chi connectivity index (χ4n) is 5.97. The van der Waals surface area contributed by atoms with E-state index in [0.717, 1.165) is 6.04 Å². The summed E-state index contributed by atoms with van der Waals surface area (Å²) in [6.07, 6.45) is 0.506. The van der Waals surface area contributed by atoms with Crippen molar-refractivity contribution in [1.29, 1.82) is 0 Å². The van der Waals surface area contributed by atoms with Crippen LogP contribution in [0.3, 0.4) is 0 Å². The minimum atomic E-state index is -1.31. The number of aryl methyl sites for hydroxylation is 1. The molecule has 2 aromatic heterocycles. The van der Waals surface area contributed by atoms with Gasteiger partial charge in [0, 0.05) is 51.8 Å². The maximum Gasteiger partial charge on any atom is 0.306 e. The summed E-state index contributed by atoms with van der Waals surface area (Å²) >= 11 is 0. The van der Waals surface area contributed by atoms with Gasteiger partial charge in [0.25, 0.3) is 0 Å². The first-order valence-electron chi connectivity index (χ1n) is 18.4. The molecule has 2 N–H and O–H groups in total. The summed E-state index contributed by atoms with van der Waals surface area (Å²) in [6, 6.07) is 12.9. The molecule has 302 valence electrons. The quantitative estimate of drug-likeness (QED) is 0.0354. The summed E-state index contributed by atoms with van der Waals surface area (Å²) in [5.41, 5.74) is 1.13. The largest absolute Gasteiger partial charge is 0.467 e. The third kappa shape index (κ3) is 10.4. The Labute approximate surface area is 324 Å². The average molecular weight is 799 g/mol. The fraction of sp³-hybridized carbons (Fsp3) is 0.425. The Balaban J connectivity index is 1.50. The summed E-state index contributed by atoms with van der Waals surface area (Å²) in [5.74, 6) is -3.63. The molecule has 2 atom stereocenters. The lowest BCUT2D eigenvalue weighted by Gasteiger charge is -2.16. The number of hydrogen-bond donors (Lipinski definition) is 2.